The number of fused-ring (bicyclic) bond motifs is 1. The van der Waals surface area contributed by atoms with E-state index in [1.54, 1.807) is 0 Å². The van der Waals surface area contributed by atoms with E-state index >= 15 is 0 Å². The van der Waals surface area contributed by atoms with Crippen LogP contribution in [-0.4, -0.2) is 10.6 Å². The molecule has 2 rings (SSSR count). The van der Waals surface area contributed by atoms with Crippen molar-refractivity contribution in [3.05, 3.63) is 0 Å². The fraction of sp³-hybridized carbons (Fsp3) is 0.917. The zero-order valence-corrected chi connectivity index (χ0v) is 10.6. The fourth-order valence-corrected chi connectivity index (χ4v) is 3.89. The SMILES string of the molecule is CC1(C)CCC(=O)C2CC(Br)CCC21. The van der Waals surface area contributed by atoms with E-state index in [0.717, 1.165) is 19.3 Å². The van der Waals surface area contributed by atoms with Gasteiger partial charge in [-0.2, -0.15) is 0 Å². The summed E-state index contributed by atoms with van der Waals surface area (Å²) in [6, 6.07) is 0. The van der Waals surface area contributed by atoms with Crippen molar-refractivity contribution in [2.45, 2.75) is 50.8 Å². The lowest BCUT2D eigenvalue weighted by Crippen LogP contribution is -2.43. The number of ketones is 1. The summed E-state index contributed by atoms with van der Waals surface area (Å²) in [6.07, 6.45) is 5.47. The lowest BCUT2D eigenvalue weighted by molar-refractivity contribution is -0.132. The lowest BCUT2D eigenvalue weighted by atomic mass is 9.58. The topological polar surface area (TPSA) is 17.1 Å². The van der Waals surface area contributed by atoms with Gasteiger partial charge in [0.15, 0.2) is 0 Å². The molecule has 0 aromatic carbocycles. The Kier molecular flexibility index (Phi) is 2.76. The first-order chi connectivity index (χ1) is 6.50. The Labute approximate surface area is 94.8 Å². The molecule has 2 aliphatic carbocycles. The van der Waals surface area contributed by atoms with Gasteiger partial charge in [0.1, 0.15) is 5.78 Å². The van der Waals surface area contributed by atoms with E-state index in [9.17, 15) is 4.79 Å². The molecule has 2 aliphatic rings. The molecule has 0 radical (unpaired) electrons. The molecule has 0 saturated heterocycles. The third kappa shape index (κ3) is 1.78. The van der Waals surface area contributed by atoms with Crippen LogP contribution in [0.15, 0.2) is 0 Å². The van der Waals surface area contributed by atoms with Gasteiger partial charge in [0.2, 0.25) is 0 Å². The summed E-state index contributed by atoms with van der Waals surface area (Å²) in [7, 11) is 0. The fourth-order valence-electron chi connectivity index (χ4n) is 3.23. The van der Waals surface area contributed by atoms with Gasteiger partial charge in [-0.15, -0.1) is 0 Å². The van der Waals surface area contributed by atoms with Crippen LogP contribution >= 0.6 is 15.9 Å². The molecular formula is C12H19BrO. The number of rotatable bonds is 0. The Bertz CT molecular complexity index is 247. The number of Topliss-reactive ketones (excluding diaryl/α,β-unsaturated/α-hetero) is 1. The summed E-state index contributed by atoms with van der Waals surface area (Å²) >= 11 is 3.66. The van der Waals surface area contributed by atoms with Gasteiger partial charge in [-0.05, 0) is 37.0 Å². The normalized spacial score (nSPS) is 41.9. The van der Waals surface area contributed by atoms with Crippen molar-refractivity contribution < 1.29 is 4.79 Å². The minimum absolute atomic E-state index is 0.358. The van der Waals surface area contributed by atoms with Gasteiger partial charge in [-0.1, -0.05) is 29.8 Å². The van der Waals surface area contributed by atoms with Crippen molar-refractivity contribution in [1.82, 2.24) is 0 Å². The number of hydrogen-bond donors (Lipinski definition) is 0. The van der Waals surface area contributed by atoms with E-state index in [1.165, 1.54) is 12.8 Å². The van der Waals surface area contributed by atoms with E-state index in [0.29, 0.717) is 27.9 Å². The van der Waals surface area contributed by atoms with E-state index in [2.05, 4.69) is 29.8 Å². The zero-order chi connectivity index (χ0) is 10.3. The van der Waals surface area contributed by atoms with Crippen LogP contribution in [0.3, 0.4) is 0 Å². The van der Waals surface area contributed by atoms with Gasteiger partial charge >= 0.3 is 0 Å². The smallest absolute Gasteiger partial charge is 0.136 e. The van der Waals surface area contributed by atoms with Gasteiger partial charge < -0.3 is 0 Å². The maximum Gasteiger partial charge on any atom is 0.136 e. The van der Waals surface area contributed by atoms with Crippen LogP contribution in [-0.2, 0) is 4.79 Å². The predicted molar refractivity (Wildman–Crippen MR) is 61.6 cm³/mol. The summed E-state index contributed by atoms with van der Waals surface area (Å²) in [5.74, 6) is 1.54. The predicted octanol–water partition coefficient (Wildman–Crippen LogP) is 3.56. The van der Waals surface area contributed by atoms with Crippen molar-refractivity contribution in [3.63, 3.8) is 0 Å². The molecule has 0 heterocycles. The molecule has 14 heavy (non-hydrogen) atoms. The number of carbonyl (C=O) groups excluding carboxylic acids is 1. The number of alkyl halides is 1. The Hall–Kier alpha value is 0.150. The van der Waals surface area contributed by atoms with Crippen LogP contribution in [0.2, 0.25) is 0 Å². The molecule has 0 aromatic heterocycles. The molecule has 2 saturated carbocycles. The largest absolute Gasteiger partial charge is 0.299 e. The second kappa shape index (κ2) is 3.62. The Morgan fingerprint density at radius 2 is 2.07 bits per heavy atom. The average molecular weight is 259 g/mol. The number of halogens is 1. The number of carbonyl (C=O) groups is 1. The van der Waals surface area contributed by atoms with Gasteiger partial charge in [0.25, 0.3) is 0 Å². The Morgan fingerprint density at radius 1 is 1.36 bits per heavy atom. The second-order valence-electron chi connectivity index (χ2n) is 5.58. The molecule has 80 valence electrons. The standard InChI is InChI=1S/C12H19BrO/c1-12(2)6-5-11(14)9-7-8(13)3-4-10(9)12/h8-10H,3-7H2,1-2H3. The molecule has 0 aromatic rings. The molecule has 2 heteroatoms. The zero-order valence-electron chi connectivity index (χ0n) is 9.05. The van der Waals surface area contributed by atoms with Crippen LogP contribution in [0, 0.1) is 17.3 Å². The van der Waals surface area contributed by atoms with Crippen molar-refractivity contribution in [3.8, 4) is 0 Å². The van der Waals surface area contributed by atoms with Gasteiger partial charge in [0, 0.05) is 17.2 Å². The van der Waals surface area contributed by atoms with Gasteiger partial charge in [0.05, 0.1) is 0 Å². The molecule has 0 bridgehead atoms. The summed E-state index contributed by atoms with van der Waals surface area (Å²) in [6.45, 7) is 4.68. The highest BCUT2D eigenvalue weighted by molar-refractivity contribution is 9.09. The Morgan fingerprint density at radius 3 is 2.79 bits per heavy atom. The minimum Gasteiger partial charge on any atom is -0.299 e. The van der Waals surface area contributed by atoms with E-state index in [4.69, 9.17) is 0 Å². The monoisotopic (exact) mass is 258 g/mol. The number of hydrogen-bond acceptors (Lipinski definition) is 1. The summed E-state index contributed by atoms with van der Waals surface area (Å²) in [5.41, 5.74) is 0.395. The molecule has 3 atom stereocenters. The van der Waals surface area contributed by atoms with Crippen LogP contribution in [0.4, 0.5) is 0 Å². The molecule has 3 unspecified atom stereocenters. The van der Waals surface area contributed by atoms with E-state index in [-0.39, 0.29) is 0 Å². The Balaban J connectivity index is 2.19. The first-order valence-corrected chi connectivity index (χ1v) is 6.59. The molecule has 2 fully saturated rings. The van der Waals surface area contributed by atoms with Crippen LogP contribution in [0.1, 0.15) is 46.0 Å². The maximum atomic E-state index is 11.8. The van der Waals surface area contributed by atoms with E-state index < -0.39 is 0 Å². The first kappa shape index (κ1) is 10.7. The van der Waals surface area contributed by atoms with Crippen LogP contribution in [0.25, 0.3) is 0 Å². The van der Waals surface area contributed by atoms with Crippen LogP contribution in [0.5, 0.6) is 0 Å². The molecule has 1 nitrogen and oxygen atoms in total. The van der Waals surface area contributed by atoms with Crippen molar-refractivity contribution in [2.24, 2.45) is 17.3 Å². The highest BCUT2D eigenvalue weighted by atomic mass is 79.9. The summed E-state index contributed by atoms with van der Waals surface area (Å²) in [4.78, 5) is 12.4. The lowest BCUT2D eigenvalue weighted by Gasteiger charge is -2.46. The quantitative estimate of drug-likeness (QED) is 0.608. The molecule has 0 spiro atoms. The molecule has 0 aliphatic heterocycles. The van der Waals surface area contributed by atoms with Crippen molar-refractivity contribution >= 4 is 21.7 Å². The maximum absolute atomic E-state index is 11.8. The summed E-state index contributed by atoms with van der Waals surface area (Å²) < 4.78 is 0. The summed E-state index contributed by atoms with van der Waals surface area (Å²) in [5, 5.41) is 0. The average Bonchev–Trinajstić information content (AvgIpc) is 2.12. The highest BCUT2D eigenvalue weighted by Crippen LogP contribution is 2.50. The third-order valence-corrected chi connectivity index (χ3v) is 5.05. The van der Waals surface area contributed by atoms with Gasteiger partial charge in [-0.25, -0.2) is 0 Å². The first-order valence-electron chi connectivity index (χ1n) is 5.67. The third-order valence-electron chi connectivity index (χ3n) is 4.22. The van der Waals surface area contributed by atoms with Gasteiger partial charge in [-0.3, -0.25) is 4.79 Å². The van der Waals surface area contributed by atoms with E-state index in [1.807, 2.05) is 0 Å². The minimum atomic E-state index is 0.358. The van der Waals surface area contributed by atoms with Crippen molar-refractivity contribution in [2.75, 3.05) is 0 Å². The second-order valence-corrected chi connectivity index (χ2v) is 6.87. The molecule has 0 amide bonds. The molecular weight excluding hydrogens is 240 g/mol. The van der Waals surface area contributed by atoms with Crippen molar-refractivity contribution in [1.29, 1.82) is 0 Å². The highest BCUT2D eigenvalue weighted by Gasteiger charge is 2.45. The van der Waals surface area contributed by atoms with Crippen LogP contribution < -0.4 is 0 Å². The molecule has 0 N–H and O–H groups in total.